The lowest BCUT2D eigenvalue weighted by atomic mass is 9.96. The Morgan fingerprint density at radius 2 is 1.94 bits per heavy atom. The maximum Gasteiger partial charge on any atom is 0.221 e. The van der Waals surface area contributed by atoms with Gasteiger partial charge in [0.2, 0.25) is 5.91 Å². The van der Waals surface area contributed by atoms with Gasteiger partial charge >= 0.3 is 0 Å². The first-order valence-electron chi connectivity index (χ1n) is 5.79. The average Bonchev–Trinajstić information content (AvgIpc) is 2.27. The number of hydrogen-bond acceptors (Lipinski definition) is 2. The Morgan fingerprint density at radius 1 is 1.35 bits per heavy atom. The van der Waals surface area contributed by atoms with Crippen LogP contribution in [0.1, 0.15) is 31.9 Å². The topological polar surface area (TPSA) is 55.1 Å². The molecule has 1 rings (SSSR count). The third kappa shape index (κ3) is 4.15. The number of hydrogen-bond donors (Lipinski definition) is 2. The standard InChI is InChI=1S/C13H19FN2O/c1-9(2)13(16-12(17)7-8-15)10-3-5-11(14)6-4-10/h3-6,9,13H,7-8,15H2,1-2H3,(H,16,17). The molecule has 0 spiro atoms. The van der Waals surface area contributed by atoms with Gasteiger partial charge in [-0.3, -0.25) is 4.79 Å². The number of carbonyl (C=O) groups excluding carboxylic acids is 1. The Labute approximate surface area is 101 Å². The summed E-state index contributed by atoms with van der Waals surface area (Å²) in [7, 11) is 0. The molecule has 94 valence electrons. The Balaban J connectivity index is 2.79. The fraction of sp³-hybridized carbons (Fsp3) is 0.462. The zero-order chi connectivity index (χ0) is 12.8. The van der Waals surface area contributed by atoms with E-state index in [-0.39, 0.29) is 23.7 Å². The Kier molecular flexibility index (Phi) is 5.10. The van der Waals surface area contributed by atoms with Gasteiger partial charge < -0.3 is 11.1 Å². The molecule has 0 aliphatic rings. The summed E-state index contributed by atoms with van der Waals surface area (Å²) >= 11 is 0. The molecule has 0 radical (unpaired) electrons. The maximum absolute atomic E-state index is 12.8. The fourth-order valence-corrected chi connectivity index (χ4v) is 1.68. The minimum Gasteiger partial charge on any atom is -0.349 e. The molecule has 1 aromatic rings. The van der Waals surface area contributed by atoms with E-state index in [1.54, 1.807) is 12.1 Å². The summed E-state index contributed by atoms with van der Waals surface area (Å²) in [5.41, 5.74) is 6.24. The number of benzene rings is 1. The van der Waals surface area contributed by atoms with Gasteiger partial charge in [0.15, 0.2) is 0 Å². The van der Waals surface area contributed by atoms with Crippen LogP contribution in [0.3, 0.4) is 0 Å². The van der Waals surface area contributed by atoms with Gasteiger partial charge in [0.05, 0.1) is 6.04 Å². The molecule has 0 heterocycles. The monoisotopic (exact) mass is 238 g/mol. The Morgan fingerprint density at radius 3 is 2.41 bits per heavy atom. The van der Waals surface area contributed by atoms with Crippen LogP contribution in [0.25, 0.3) is 0 Å². The highest BCUT2D eigenvalue weighted by Gasteiger charge is 2.17. The lowest BCUT2D eigenvalue weighted by molar-refractivity contribution is -0.122. The van der Waals surface area contributed by atoms with Gasteiger partial charge in [-0.2, -0.15) is 0 Å². The van der Waals surface area contributed by atoms with Gasteiger partial charge in [-0.05, 0) is 23.6 Å². The molecule has 1 amide bonds. The molecule has 0 saturated carbocycles. The molecule has 1 aromatic carbocycles. The van der Waals surface area contributed by atoms with Crippen molar-refractivity contribution in [3.8, 4) is 0 Å². The Bertz CT molecular complexity index is 362. The van der Waals surface area contributed by atoms with Crippen LogP contribution >= 0.6 is 0 Å². The average molecular weight is 238 g/mol. The summed E-state index contributed by atoms with van der Waals surface area (Å²) in [5.74, 6) is -0.109. The van der Waals surface area contributed by atoms with Gasteiger partial charge in [-0.1, -0.05) is 26.0 Å². The van der Waals surface area contributed by atoms with Crippen molar-refractivity contribution in [3.63, 3.8) is 0 Å². The van der Waals surface area contributed by atoms with Crippen molar-refractivity contribution in [2.75, 3.05) is 6.54 Å². The quantitative estimate of drug-likeness (QED) is 0.824. The molecule has 3 N–H and O–H groups in total. The van der Waals surface area contributed by atoms with E-state index in [1.807, 2.05) is 13.8 Å². The molecule has 1 atom stereocenters. The van der Waals surface area contributed by atoms with Crippen molar-refractivity contribution in [1.29, 1.82) is 0 Å². The molecular weight excluding hydrogens is 219 g/mol. The van der Waals surface area contributed by atoms with E-state index < -0.39 is 0 Å². The van der Waals surface area contributed by atoms with Crippen LogP contribution in [0, 0.1) is 11.7 Å². The predicted octanol–water partition coefficient (Wildman–Crippen LogP) is 1.99. The second-order valence-electron chi connectivity index (χ2n) is 4.38. The van der Waals surface area contributed by atoms with Crippen LogP contribution in [0.2, 0.25) is 0 Å². The zero-order valence-electron chi connectivity index (χ0n) is 10.2. The maximum atomic E-state index is 12.8. The summed E-state index contributed by atoms with van der Waals surface area (Å²) in [6, 6.07) is 6.10. The predicted molar refractivity (Wildman–Crippen MR) is 65.8 cm³/mol. The molecule has 0 aliphatic carbocycles. The smallest absolute Gasteiger partial charge is 0.221 e. The number of halogens is 1. The van der Waals surface area contributed by atoms with Crippen LogP contribution in [-0.2, 0) is 4.79 Å². The summed E-state index contributed by atoms with van der Waals surface area (Å²) < 4.78 is 12.8. The van der Waals surface area contributed by atoms with E-state index in [9.17, 15) is 9.18 Å². The van der Waals surface area contributed by atoms with Crippen LogP contribution in [0.4, 0.5) is 4.39 Å². The lowest BCUT2D eigenvalue weighted by Crippen LogP contribution is -2.32. The van der Waals surface area contributed by atoms with Crippen molar-refractivity contribution in [3.05, 3.63) is 35.6 Å². The molecule has 0 aliphatic heterocycles. The van der Waals surface area contributed by atoms with Crippen molar-refractivity contribution < 1.29 is 9.18 Å². The van der Waals surface area contributed by atoms with Crippen molar-refractivity contribution >= 4 is 5.91 Å². The number of carbonyl (C=O) groups is 1. The minimum atomic E-state index is -0.274. The highest BCUT2D eigenvalue weighted by Crippen LogP contribution is 2.21. The van der Waals surface area contributed by atoms with Crippen molar-refractivity contribution in [2.24, 2.45) is 11.7 Å². The Hall–Kier alpha value is -1.42. The first-order chi connectivity index (χ1) is 8.04. The fourth-order valence-electron chi connectivity index (χ4n) is 1.68. The van der Waals surface area contributed by atoms with Crippen LogP contribution in [-0.4, -0.2) is 12.5 Å². The molecule has 0 saturated heterocycles. The molecule has 0 bridgehead atoms. The SMILES string of the molecule is CC(C)C(NC(=O)CCN)c1ccc(F)cc1. The van der Waals surface area contributed by atoms with E-state index in [4.69, 9.17) is 5.73 Å². The molecule has 1 unspecified atom stereocenters. The van der Waals surface area contributed by atoms with Crippen LogP contribution < -0.4 is 11.1 Å². The molecule has 0 aromatic heterocycles. The number of rotatable bonds is 5. The summed E-state index contributed by atoms with van der Waals surface area (Å²) in [6.45, 7) is 4.35. The van der Waals surface area contributed by atoms with E-state index in [0.29, 0.717) is 13.0 Å². The highest BCUT2D eigenvalue weighted by atomic mass is 19.1. The third-order valence-electron chi connectivity index (χ3n) is 2.58. The van der Waals surface area contributed by atoms with Gasteiger partial charge in [0.25, 0.3) is 0 Å². The second kappa shape index (κ2) is 6.35. The minimum absolute atomic E-state index is 0.0736. The van der Waals surface area contributed by atoms with Crippen molar-refractivity contribution in [2.45, 2.75) is 26.3 Å². The van der Waals surface area contributed by atoms with E-state index >= 15 is 0 Å². The molecule has 17 heavy (non-hydrogen) atoms. The van der Waals surface area contributed by atoms with Crippen LogP contribution in [0.15, 0.2) is 24.3 Å². The molecular formula is C13H19FN2O. The summed E-state index contributed by atoms with van der Waals surface area (Å²) in [5, 5.41) is 2.91. The molecule has 0 fully saturated rings. The van der Waals surface area contributed by atoms with Gasteiger partial charge in [-0.25, -0.2) is 4.39 Å². The first-order valence-corrected chi connectivity index (χ1v) is 5.79. The van der Waals surface area contributed by atoms with E-state index in [2.05, 4.69) is 5.32 Å². The summed E-state index contributed by atoms with van der Waals surface area (Å²) in [4.78, 5) is 11.5. The lowest BCUT2D eigenvalue weighted by Gasteiger charge is -2.22. The van der Waals surface area contributed by atoms with E-state index in [1.165, 1.54) is 12.1 Å². The summed E-state index contributed by atoms with van der Waals surface area (Å²) in [6.07, 6.45) is 0.310. The number of nitrogens with two attached hydrogens (primary N) is 1. The molecule has 3 nitrogen and oxygen atoms in total. The van der Waals surface area contributed by atoms with Crippen molar-refractivity contribution in [1.82, 2.24) is 5.32 Å². The van der Waals surface area contributed by atoms with Gasteiger partial charge in [0.1, 0.15) is 5.82 Å². The van der Waals surface area contributed by atoms with Crippen LogP contribution in [0.5, 0.6) is 0 Å². The highest BCUT2D eigenvalue weighted by molar-refractivity contribution is 5.76. The van der Waals surface area contributed by atoms with Gasteiger partial charge in [-0.15, -0.1) is 0 Å². The molecule has 4 heteroatoms. The second-order valence-corrected chi connectivity index (χ2v) is 4.38. The van der Waals surface area contributed by atoms with Gasteiger partial charge in [0, 0.05) is 13.0 Å². The number of amides is 1. The first kappa shape index (κ1) is 13.6. The third-order valence-corrected chi connectivity index (χ3v) is 2.58. The largest absolute Gasteiger partial charge is 0.349 e. The number of nitrogens with one attached hydrogen (secondary N) is 1. The van der Waals surface area contributed by atoms with E-state index in [0.717, 1.165) is 5.56 Å². The zero-order valence-corrected chi connectivity index (χ0v) is 10.2. The normalized spacial score (nSPS) is 12.5.